The minimum absolute atomic E-state index is 0. The SMILES string of the molecule is N#CC(C=O)Cc1cccnc1.[H-].[Na+]. The summed E-state index contributed by atoms with van der Waals surface area (Å²) in [5, 5.41) is 8.49. The Labute approximate surface area is 101 Å². The molecule has 0 aromatic carbocycles. The second-order valence-corrected chi connectivity index (χ2v) is 2.44. The molecule has 3 nitrogen and oxygen atoms in total. The Morgan fingerprint density at radius 3 is 3.00 bits per heavy atom. The van der Waals surface area contributed by atoms with E-state index in [9.17, 15) is 4.79 Å². The Hall–Kier alpha value is -0.690. The van der Waals surface area contributed by atoms with E-state index in [1.54, 1.807) is 18.5 Å². The molecule has 13 heavy (non-hydrogen) atoms. The summed E-state index contributed by atoms with van der Waals surface area (Å²) in [6, 6.07) is 5.54. The molecule has 1 heterocycles. The minimum Gasteiger partial charge on any atom is -1.00 e. The maximum atomic E-state index is 10.3. The summed E-state index contributed by atoms with van der Waals surface area (Å²) in [4.78, 5) is 14.2. The van der Waals surface area contributed by atoms with E-state index in [1.807, 2.05) is 12.1 Å². The summed E-state index contributed by atoms with van der Waals surface area (Å²) in [5.41, 5.74) is 0.913. The molecule has 0 spiro atoms. The number of nitrogens with zero attached hydrogens (tertiary/aromatic N) is 2. The summed E-state index contributed by atoms with van der Waals surface area (Å²) in [7, 11) is 0. The third-order valence-electron chi connectivity index (χ3n) is 1.51. The van der Waals surface area contributed by atoms with Crippen LogP contribution in [0.1, 0.15) is 6.99 Å². The number of aromatic nitrogens is 1. The molecule has 0 saturated heterocycles. The first-order valence-electron chi connectivity index (χ1n) is 3.60. The number of nitriles is 1. The molecule has 0 amide bonds. The number of hydrogen-bond acceptors (Lipinski definition) is 3. The van der Waals surface area contributed by atoms with Crippen molar-refractivity contribution in [2.75, 3.05) is 0 Å². The van der Waals surface area contributed by atoms with Crippen LogP contribution in [-0.4, -0.2) is 11.3 Å². The van der Waals surface area contributed by atoms with Crippen LogP contribution in [0.4, 0.5) is 0 Å². The number of pyridine rings is 1. The van der Waals surface area contributed by atoms with Crippen LogP contribution >= 0.6 is 0 Å². The largest absolute Gasteiger partial charge is 1.00 e. The number of aldehydes is 1. The van der Waals surface area contributed by atoms with Crippen LogP contribution in [0.15, 0.2) is 24.5 Å². The second kappa shape index (κ2) is 6.79. The van der Waals surface area contributed by atoms with E-state index in [-0.39, 0.29) is 31.0 Å². The summed E-state index contributed by atoms with van der Waals surface area (Å²) in [6.07, 6.45) is 4.43. The zero-order valence-corrected chi connectivity index (χ0v) is 9.47. The quantitative estimate of drug-likeness (QED) is 0.406. The number of hydrogen-bond donors (Lipinski definition) is 0. The van der Waals surface area contributed by atoms with Crippen molar-refractivity contribution in [3.05, 3.63) is 30.1 Å². The van der Waals surface area contributed by atoms with Gasteiger partial charge in [0.05, 0.1) is 6.07 Å². The zero-order valence-electron chi connectivity index (χ0n) is 8.47. The number of rotatable bonds is 3. The Morgan fingerprint density at radius 1 is 1.77 bits per heavy atom. The van der Waals surface area contributed by atoms with Crippen molar-refractivity contribution in [1.29, 1.82) is 5.26 Å². The molecule has 4 heteroatoms. The van der Waals surface area contributed by atoms with E-state index < -0.39 is 5.92 Å². The smallest absolute Gasteiger partial charge is 1.00 e. The molecule has 62 valence electrons. The summed E-state index contributed by atoms with van der Waals surface area (Å²) < 4.78 is 0. The van der Waals surface area contributed by atoms with Crippen LogP contribution in [0.5, 0.6) is 0 Å². The predicted octanol–water partition coefficient (Wildman–Crippen LogP) is -1.92. The molecule has 1 atom stereocenters. The average molecular weight is 184 g/mol. The van der Waals surface area contributed by atoms with Gasteiger partial charge in [0.2, 0.25) is 0 Å². The molecule has 0 saturated carbocycles. The molecule has 0 N–H and O–H groups in total. The molecule has 1 unspecified atom stereocenters. The van der Waals surface area contributed by atoms with Crippen LogP contribution in [0.3, 0.4) is 0 Å². The Bertz CT molecular complexity index is 299. The first-order valence-corrected chi connectivity index (χ1v) is 3.60. The fourth-order valence-electron chi connectivity index (χ4n) is 0.897. The number of carbonyl (C=O) groups is 1. The van der Waals surface area contributed by atoms with Gasteiger partial charge in [-0.25, -0.2) is 0 Å². The fraction of sp³-hybridized carbons (Fsp3) is 0.222. The molecule has 0 radical (unpaired) electrons. The maximum Gasteiger partial charge on any atom is 1.00 e. The Kier molecular flexibility index (Phi) is 6.43. The van der Waals surface area contributed by atoms with Gasteiger partial charge < -0.3 is 6.22 Å². The Balaban J connectivity index is 0. The van der Waals surface area contributed by atoms with Crippen molar-refractivity contribution in [2.45, 2.75) is 6.42 Å². The van der Waals surface area contributed by atoms with Crippen LogP contribution in [0.25, 0.3) is 0 Å². The summed E-state index contributed by atoms with van der Waals surface area (Å²) in [5.74, 6) is -0.547. The van der Waals surface area contributed by atoms with Gasteiger partial charge in [0.15, 0.2) is 0 Å². The van der Waals surface area contributed by atoms with Gasteiger partial charge >= 0.3 is 29.6 Å². The van der Waals surface area contributed by atoms with E-state index >= 15 is 0 Å². The fourth-order valence-corrected chi connectivity index (χ4v) is 0.897. The van der Waals surface area contributed by atoms with Crippen molar-refractivity contribution in [3.8, 4) is 6.07 Å². The standard InChI is InChI=1S/C9H8N2O.Na.H/c10-5-9(7-12)4-8-2-1-3-11-6-8;;/h1-3,6-7,9H,4H2;;/q;+1;-1. The van der Waals surface area contributed by atoms with Gasteiger partial charge in [-0.05, 0) is 18.1 Å². The summed E-state index contributed by atoms with van der Waals surface area (Å²) >= 11 is 0. The van der Waals surface area contributed by atoms with Crippen LogP contribution in [0, 0.1) is 17.2 Å². The predicted molar refractivity (Wildman–Crippen MR) is 44.2 cm³/mol. The van der Waals surface area contributed by atoms with Gasteiger partial charge in [0, 0.05) is 12.4 Å². The molecule has 1 rings (SSSR count). The van der Waals surface area contributed by atoms with Crippen molar-refractivity contribution in [2.24, 2.45) is 5.92 Å². The monoisotopic (exact) mass is 184 g/mol. The molecular weight excluding hydrogens is 175 g/mol. The minimum atomic E-state index is -0.547. The van der Waals surface area contributed by atoms with Gasteiger partial charge in [-0.15, -0.1) is 0 Å². The van der Waals surface area contributed by atoms with Gasteiger partial charge in [-0.3, -0.25) is 4.98 Å². The first-order chi connectivity index (χ1) is 5.86. The normalized spacial score (nSPS) is 10.7. The van der Waals surface area contributed by atoms with Crippen molar-refractivity contribution >= 4 is 6.29 Å². The Morgan fingerprint density at radius 2 is 2.54 bits per heavy atom. The van der Waals surface area contributed by atoms with Gasteiger partial charge in [-0.1, -0.05) is 6.07 Å². The molecule has 0 fully saturated rings. The van der Waals surface area contributed by atoms with Crippen molar-refractivity contribution < 1.29 is 35.8 Å². The topological polar surface area (TPSA) is 53.8 Å². The summed E-state index contributed by atoms with van der Waals surface area (Å²) in [6.45, 7) is 0. The average Bonchev–Trinajstić information content (AvgIpc) is 2.16. The number of carbonyl (C=O) groups excluding carboxylic acids is 1. The van der Waals surface area contributed by atoms with Crippen LogP contribution < -0.4 is 29.6 Å². The van der Waals surface area contributed by atoms with Crippen molar-refractivity contribution in [3.63, 3.8) is 0 Å². The molecule has 0 aliphatic heterocycles. The molecule has 0 aliphatic rings. The molecule has 1 aromatic rings. The second-order valence-electron chi connectivity index (χ2n) is 2.44. The third-order valence-corrected chi connectivity index (χ3v) is 1.51. The van der Waals surface area contributed by atoms with E-state index in [0.717, 1.165) is 5.56 Å². The van der Waals surface area contributed by atoms with Crippen molar-refractivity contribution in [1.82, 2.24) is 4.98 Å². The van der Waals surface area contributed by atoms with Gasteiger partial charge in [0.25, 0.3) is 0 Å². The van der Waals surface area contributed by atoms with E-state index in [0.29, 0.717) is 12.7 Å². The van der Waals surface area contributed by atoms with Crippen LogP contribution in [-0.2, 0) is 11.2 Å². The van der Waals surface area contributed by atoms with E-state index in [2.05, 4.69) is 4.98 Å². The zero-order chi connectivity index (χ0) is 8.81. The van der Waals surface area contributed by atoms with E-state index in [4.69, 9.17) is 5.26 Å². The van der Waals surface area contributed by atoms with Gasteiger partial charge in [0.1, 0.15) is 12.2 Å². The maximum absolute atomic E-state index is 10.3. The molecule has 1 aromatic heterocycles. The molecular formula is C9H9N2NaO. The third kappa shape index (κ3) is 4.18. The molecule has 0 bridgehead atoms. The van der Waals surface area contributed by atoms with Crippen LogP contribution in [0.2, 0.25) is 0 Å². The molecule has 0 aliphatic carbocycles. The van der Waals surface area contributed by atoms with E-state index in [1.165, 1.54) is 0 Å². The first kappa shape index (κ1) is 12.3. The van der Waals surface area contributed by atoms with Gasteiger partial charge in [-0.2, -0.15) is 5.26 Å².